The number of hydrogen-bond donors (Lipinski definition) is 1. The molecular formula is C13H24N2O2. The maximum atomic E-state index is 12.0. The molecule has 2 fully saturated rings. The number of rotatable bonds is 3. The second-order valence-corrected chi connectivity index (χ2v) is 5.16. The zero-order valence-corrected chi connectivity index (χ0v) is 10.8. The molecule has 1 saturated heterocycles. The van der Waals surface area contributed by atoms with Crippen LogP contribution in [0.25, 0.3) is 0 Å². The van der Waals surface area contributed by atoms with E-state index >= 15 is 0 Å². The molecule has 0 bridgehead atoms. The zero-order chi connectivity index (χ0) is 12.1. The minimum Gasteiger partial charge on any atom is -0.461 e. The summed E-state index contributed by atoms with van der Waals surface area (Å²) in [7, 11) is 0. The molecule has 17 heavy (non-hydrogen) atoms. The Kier molecular flexibility index (Phi) is 4.80. The van der Waals surface area contributed by atoms with Gasteiger partial charge in [-0.2, -0.15) is 0 Å². The van der Waals surface area contributed by atoms with Crippen molar-refractivity contribution in [3.8, 4) is 0 Å². The van der Waals surface area contributed by atoms with Crippen molar-refractivity contribution in [3.63, 3.8) is 0 Å². The zero-order valence-electron chi connectivity index (χ0n) is 10.8. The summed E-state index contributed by atoms with van der Waals surface area (Å²) in [5.74, 6) is -0.0289. The van der Waals surface area contributed by atoms with Gasteiger partial charge in [0.15, 0.2) is 0 Å². The first-order valence-electron chi connectivity index (χ1n) is 6.92. The van der Waals surface area contributed by atoms with Crippen LogP contribution in [0, 0.1) is 0 Å². The van der Waals surface area contributed by atoms with Crippen molar-refractivity contribution in [2.45, 2.75) is 51.2 Å². The Morgan fingerprint density at radius 3 is 2.53 bits per heavy atom. The van der Waals surface area contributed by atoms with Crippen LogP contribution >= 0.6 is 0 Å². The predicted octanol–water partition coefficient (Wildman–Crippen LogP) is 1.16. The number of esters is 1. The maximum Gasteiger partial charge on any atom is 0.323 e. The first-order valence-corrected chi connectivity index (χ1v) is 6.92. The van der Waals surface area contributed by atoms with Gasteiger partial charge in [-0.3, -0.25) is 9.69 Å². The van der Waals surface area contributed by atoms with Gasteiger partial charge in [-0.25, -0.2) is 0 Å². The minimum atomic E-state index is -0.0842. The topological polar surface area (TPSA) is 41.6 Å². The monoisotopic (exact) mass is 240 g/mol. The summed E-state index contributed by atoms with van der Waals surface area (Å²) in [5.41, 5.74) is 0. The molecule has 0 aromatic heterocycles. The molecule has 0 amide bonds. The molecule has 1 atom stereocenters. The van der Waals surface area contributed by atoms with E-state index in [-0.39, 0.29) is 18.1 Å². The number of carbonyl (C=O) groups is 1. The number of carbonyl (C=O) groups excluding carboxylic acids is 1. The van der Waals surface area contributed by atoms with Crippen LogP contribution in [-0.4, -0.2) is 49.2 Å². The Morgan fingerprint density at radius 1 is 1.24 bits per heavy atom. The molecule has 0 aromatic carbocycles. The SMILES string of the molecule is CC(C(=O)OC1CCCCC1)N1CCNCC1. The van der Waals surface area contributed by atoms with Crippen LogP contribution in [0.2, 0.25) is 0 Å². The average Bonchev–Trinajstić information content (AvgIpc) is 2.40. The van der Waals surface area contributed by atoms with Gasteiger partial charge >= 0.3 is 5.97 Å². The van der Waals surface area contributed by atoms with E-state index in [0.717, 1.165) is 39.0 Å². The Labute approximate surface area is 104 Å². The minimum absolute atomic E-state index is 0.0289. The third-order valence-electron chi connectivity index (χ3n) is 3.88. The van der Waals surface area contributed by atoms with Crippen LogP contribution < -0.4 is 5.32 Å². The van der Waals surface area contributed by atoms with Crippen molar-refractivity contribution >= 4 is 5.97 Å². The van der Waals surface area contributed by atoms with Gasteiger partial charge in [0.2, 0.25) is 0 Å². The molecular weight excluding hydrogens is 216 g/mol. The smallest absolute Gasteiger partial charge is 0.323 e. The van der Waals surface area contributed by atoms with Crippen LogP contribution in [0.3, 0.4) is 0 Å². The van der Waals surface area contributed by atoms with E-state index in [0.29, 0.717) is 0 Å². The van der Waals surface area contributed by atoms with Crippen LogP contribution in [0.4, 0.5) is 0 Å². The highest BCUT2D eigenvalue weighted by Gasteiger charge is 2.26. The largest absolute Gasteiger partial charge is 0.461 e. The van der Waals surface area contributed by atoms with Crippen molar-refractivity contribution in [2.24, 2.45) is 0 Å². The number of nitrogens with one attached hydrogen (secondary N) is 1. The van der Waals surface area contributed by atoms with Gasteiger partial charge in [0.25, 0.3) is 0 Å². The van der Waals surface area contributed by atoms with Crippen molar-refractivity contribution in [1.29, 1.82) is 0 Å². The molecule has 4 heteroatoms. The fraction of sp³-hybridized carbons (Fsp3) is 0.923. The summed E-state index contributed by atoms with van der Waals surface area (Å²) in [6.45, 7) is 5.81. The third kappa shape index (κ3) is 3.68. The summed E-state index contributed by atoms with van der Waals surface area (Å²) in [6.07, 6.45) is 6.00. The lowest BCUT2D eigenvalue weighted by Crippen LogP contribution is -2.50. The molecule has 1 aliphatic heterocycles. The first kappa shape index (κ1) is 12.8. The molecule has 0 radical (unpaired) electrons. The Hall–Kier alpha value is -0.610. The number of ether oxygens (including phenoxy) is 1. The normalized spacial score (nSPS) is 25.5. The summed E-state index contributed by atoms with van der Waals surface area (Å²) in [4.78, 5) is 14.2. The number of nitrogens with zero attached hydrogens (tertiary/aromatic N) is 1. The van der Waals surface area contributed by atoms with Crippen molar-refractivity contribution in [3.05, 3.63) is 0 Å². The second kappa shape index (κ2) is 6.36. The molecule has 0 aromatic rings. The van der Waals surface area contributed by atoms with Gasteiger partial charge in [0.05, 0.1) is 0 Å². The first-order chi connectivity index (χ1) is 8.27. The number of hydrogen-bond acceptors (Lipinski definition) is 4. The highest BCUT2D eigenvalue weighted by atomic mass is 16.5. The van der Waals surface area contributed by atoms with Crippen molar-refractivity contribution < 1.29 is 9.53 Å². The fourth-order valence-corrected chi connectivity index (χ4v) is 2.66. The second-order valence-electron chi connectivity index (χ2n) is 5.16. The molecule has 1 heterocycles. The van der Waals surface area contributed by atoms with Gasteiger partial charge in [-0.05, 0) is 32.6 Å². The molecule has 1 saturated carbocycles. The summed E-state index contributed by atoms with van der Waals surface area (Å²) in [6, 6.07) is -0.0842. The van der Waals surface area contributed by atoms with E-state index < -0.39 is 0 Å². The molecule has 0 spiro atoms. The van der Waals surface area contributed by atoms with Gasteiger partial charge < -0.3 is 10.1 Å². The van der Waals surface area contributed by atoms with E-state index in [1.165, 1.54) is 19.3 Å². The fourth-order valence-electron chi connectivity index (χ4n) is 2.66. The molecule has 1 N–H and O–H groups in total. The molecule has 98 valence electrons. The van der Waals surface area contributed by atoms with Gasteiger partial charge in [-0.1, -0.05) is 6.42 Å². The van der Waals surface area contributed by atoms with Crippen LogP contribution in [0.1, 0.15) is 39.0 Å². The van der Waals surface area contributed by atoms with Gasteiger partial charge in [0.1, 0.15) is 12.1 Å². The Balaban J connectivity index is 1.77. The van der Waals surface area contributed by atoms with E-state index in [4.69, 9.17) is 4.74 Å². The van der Waals surface area contributed by atoms with Gasteiger partial charge in [-0.15, -0.1) is 0 Å². The van der Waals surface area contributed by atoms with Crippen LogP contribution in [0.15, 0.2) is 0 Å². The van der Waals surface area contributed by atoms with E-state index in [2.05, 4.69) is 10.2 Å². The van der Waals surface area contributed by atoms with Crippen molar-refractivity contribution in [1.82, 2.24) is 10.2 Å². The average molecular weight is 240 g/mol. The molecule has 1 unspecified atom stereocenters. The Morgan fingerprint density at radius 2 is 1.88 bits per heavy atom. The third-order valence-corrected chi connectivity index (χ3v) is 3.88. The Bertz CT molecular complexity index is 246. The molecule has 2 rings (SSSR count). The molecule has 4 nitrogen and oxygen atoms in total. The molecule has 2 aliphatic rings. The predicted molar refractivity (Wildman–Crippen MR) is 66.9 cm³/mol. The van der Waals surface area contributed by atoms with Crippen LogP contribution in [-0.2, 0) is 9.53 Å². The summed E-state index contributed by atoms with van der Waals surface area (Å²) >= 11 is 0. The molecule has 1 aliphatic carbocycles. The maximum absolute atomic E-state index is 12.0. The van der Waals surface area contributed by atoms with Gasteiger partial charge in [0, 0.05) is 26.2 Å². The standard InChI is InChI=1S/C13H24N2O2/c1-11(15-9-7-14-8-10-15)13(16)17-12-5-3-2-4-6-12/h11-12,14H,2-10H2,1H3. The number of piperazine rings is 1. The lowest BCUT2D eigenvalue weighted by Gasteiger charge is -2.32. The lowest BCUT2D eigenvalue weighted by molar-refractivity contribution is -0.156. The summed E-state index contributed by atoms with van der Waals surface area (Å²) < 4.78 is 5.61. The van der Waals surface area contributed by atoms with E-state index in [1.54, 1.807) is 0 Å². The van der Waals surface area contributed by atoms with Crippen molar-refractivity contribution in [2.75, 3.05) is 26.2 Å². The van der Waals surface area contributed by atoms with Crippen LogP contribution in [0.5, 0.6) is 0 Å². The highest BCUT2D eigenvalue weighted by molar-refractivity contribution is 5.75. The quantitative estimate of drug-likeness (QED) is 0.752. The van der Waals surface area contributed by atoms with E-state index in [9.17, 15) is 4.79 Å². The lowest BCUT2D eigenvalue weighted by atomic mass is 9.98. The summed E-state index contributed by atoms with van der Waals surface area (Å²) in [5, 5.41) is 3.30. The highest BCUT2D eigenvalue weighted by Crippen LogP contribution is 2.21. The van der Waals surface area contributed by atoms with E-state index in [1.807, 2.05) is 6.92 Å².